The van der Waals surface area contributed by atoms with Gasteiger partial charge in [0.1, 0.15) is 11.6 Å². The van der Waals surface area contributed by atoms with Crippen molar-refractivity contribution in [3.63, 3.8) is 0 Å². The van der Waals surface area contributed by atoms with E-state index in [4.69, 9.17) is 0 Å². The third-order valence-corrected chi connectivity index (χ3v) is 6.62. The van der Waals surface area contributed by atoms with Gasteiger partial charge in [-0.15, -0.1) is 0 Å². The molecule has 2 aromatic rings. The van der Waals surface area contributed by atoms with Crippen LogP contribution in [0.25, 0.3) is 12.2 Å². The minimum atomic E-state index is -0.588. The van der Waals surface area contributed by atoms with Gasteiger partial charge in [0.2, 0.25) is 0 Å². The Balaban J connectivity index is 1.72. The van der Waals surface area contributed by atoms with E-state index in [-0.39, 0.29) is 5.78 Å². The molecule has 0 unspecified atom stereocenters. The second kappa shape index (κ2) is 9.02. The summed E-state index contributed by atoms with van der Waals surface area (Å²) in [5.41, 5.74) is 1.45. The summed E-state index contributed by atoms with van der Waals surface area (Å²) in [6, 6.07) is 12.6. The maximum Gasteiger partial charge on any atom is 0.187 e. The molecule has 2 aromatic carbocycles. The molecule has 0 aromatic heterocycles. The van der Waals surface area contributed by atoms with E-state index in [1.54, 1.807) is 48.6 Å². The van der Waals surface area contributed by atoms with Crippen molar-refractivity contribution in [2.75, 3.05) is 19.6 Å². The summed E-state index contributed by atoms with van der Waals surface area (Å²) >= 11 is 0. The number of benzene rings is 2. The molecule has 1 saturated heterocycles. The summed E-state index contributed by atoms with van der Waals surface area (Å²) in [5, 5.41) is 12.0. The van der Waals surface area contributed by atoms with Crippen molar-refractivity contribution >= 4 is 17.9 Å². The molecule has 0 saturated carbocycles. The molecule has 2 aliphatic rings. The third kappa shape index (κ3) is 4.67. The van der Waals surface area contributed by atoms with Gasteiger partial charge in [0.05, 0.1) is 11.1 Å². The van der Waals surface area contributed by atoms with Gasteiger partial charge in [-0.25, -0.2) is 8.78 Å². The van der Waals surface area contributed by atoms with Gasteiger partial charge in [-0.3, -0.25) is 9.69 Å². The Hall–Kier alpha value is -2.93. The molecular formula is C28H30F2N2O2. The number of halogens is 2. The zero-order valence-electron chi connectivity index (χ0n) is 20.0. The summed E-state index contributed by atoms with van der Waals surface area (Å²) in [4.78, 5) is 15.4. The third-order valence-electron chi connectivity index (χ3n) is 6.62. The van der Waals surface area contributed by atoms with Gasteiger partial charge in [0.25, 0.3) is 0 Å². The van der Waals surface area contributed by atoms with Gasteiger partial charge in [0.15, 0.2) is 5.78 Å². The molecule has 0 aliphatic carbocycles. The van der Waals surface area contributed by atoms with Crippen molar-refractivity contribution in [2.45, 2.75) is 38.8 Å². The smallest absolute Gasteiger partial charge is 0.187 e. The van der Waals surface area contributed by atoms with Gasteiger partial charge in [-0.1, -0.05) is 42.5 Å². The van der Waals surface area contributed by atoms with Crippen LogP contribution in [-0.2, 0) is 4.79 Å². The average Bonchev–Trinajstić information content (AvgIpc) is 2.93. The van der Waals surface area contributed by atoms with Crippen LogP contribution < -0.4 is 0 Å². The molecule has 2 aliphatic heterocycles. The number of hydrogen-bond donors (Lipinski definition) is 1. The zero-order valence-corrected chi connectivity index (χ0v) is 20.0. The van der Waals surface area contributed by atoms with Crippen molar-refractivity contribution < 1.29 is 18.8 Å². The van der Waals surface area contributed by atoms with E-state index in [9.17, 15) is 18.8 Å². The van der Waals surface area contributed by atoms with E-state index >= 15 is 0 Å². The van der Waals surface area contributed by atoms with E-state index in [1.165, 1.54) is 17.2 Å². The van der Waals surface area contributed by atoms with E-state index < -0.39 is 22.7 Å². The van der Waals surface area contributed by atoms with Crippen LogP contribution in [0.1, 0.15) is 38.8 Å². The Kier molecular flexibility index (Phi) is 6.42. The first-order valence-corrected chi connectivity index (χ1v) is 11.4. The number of likely N-dealkylation sites (tertiary alicyclic amines) is 1. The summed E-state index contributed by atoms with van der Waals surface area (Å²) in [5.74, 6) is -1.03. The first-order chi connectivity index (χ1) is 16.0. The van der Waals surface area contributed by atoms with Gasteiger partial charge >= 0.3 is 0 Å². The molecule has 0 amide bonds. The van der Waals surface area contributed by atoms with Gasteiger partial charge in [-0.2, -0.15) is 5.06 Å². The Morgan fingerprint density at radius 3 is 1.76 bits per heavy atom. The molecule has 0 spiro atoms. The molecule has 0 radical (unpaired) electrons. The van der Waals surface area contributed by atoms with E-state index in [2.05, 4.69) is 4.90 Å². The summed E-state index contributed by atoms with van der Waals surface area (Å²) in [6.45, 7) is 8.93. The van der Waals surface area contributed by atoms with Crippen molar-refractivity contribution in [2.24, 2.45) is 0 Å². The summed E-state index contributed by atoms with van der Waals surface area (Å²) < 4.78 is 28.7. The molecular weight excluding hydrogens is 434 g/mol. The van der Waals surface area contributed by atoms with Crippen molar-refractivity contribution in [3.05, 3.63) is 94.1 Å². The monoisotopic (exact) mass is 464 g/mol. The second-order valence-corrected chi connectivity index (χ2v) is 10.1. The summed E-state index contributed by atoms with van der Waals surface area (Å²) in [6.07, 6.45) is 5.20. The maximum absolute atomic E-state index is 14.3. The van der Waals surface area contributed by atoms with Crippen LogP contribution >= 0.6 is 0 Å². The van der Waals surface area contributed by atoms with Crippen LogP contribution in [0.15, 0.2) is 71.3 Å². The molecule has 6 heteroatoms. The van der Waals surface area contributed by atoms with Crippen molar-refractivity contribution in [3.8, 4) is 0 Å². The lowest BCUT2D eigenvalue weighted by Gasteiger charge is -2.38. The number of rotatable bonds is 4. The predicted octanol–water partition coefficient (Wildman–Crippen LogP) is 5.50. The van der Waals surface area contributed by atoms with E-state index in [0.29, 0.717) is 41.9 Å². The van der Waals surface area contributed by atoms with Gasteiger partial charge in [-0.05, 0) is 57.6 Å². The standard InChI is InChI=1S/C28H30F2N2O2/c1-27(2)15-23(28(3,4)32(27)34)18-31-16-21(13-19-9-5-7-11-24(19)29)26(33)22(17-31)14-20-10-6-8-12-25(20)30/h5-15,34H,16-18H2,1-4H3/b21-13+,22-14+. The van der Waals surface area contributed by atoms with Crippen LogP contribution in [0.2, 0.25) is 0 Å². The van der Waals surface area contributed by atoms with Gasteiger partial charge in [0, 0.05) is 41.9 Å². The number of piperidine rings is 1. The quantitative estimate of drug-likeness (QED) is 0.479. The number of hydrogen-bond acceptors (Lipinski definition) is 4. The molecule has 34 heavy (non-hydrogen) atoms. The Morgan fingerprint density at radius 1 is 0.882 bits per heavy atom. The molecule has 2 heterocycles. The Morgan fingerprint density at radius 2 is 1.35 bits per heavy atom. The van der Waals surface area contributed by atoms with Crippen molar-refractivity contribution in [1.29, 1.82) is 0 Å². The second-order valence-electron chi connectivity index (χ2n) is 10.1. The Bertz CT molecular complexity index is 1140. The largest absolute Gasteiger partial charge is 0.312 e. The molecule has 1 fully saturated rings. The van der Waals surface area contributed by atoms with Crippen LogP contribution in [0, 0.1) is 11.6 Å². The lowest BCUT2D eigenvalue weighted by molar-refractivity contribution is -0.185. The molecule has 1 N–H and O–H groups in total. The molecule has 178 valence electrons. The molecule has 4 nitrogen and oxygen atoms in total. The Labute approximate surface area is 199 Å². The minimum Gasteiger partial charge on any atom is -0.312 e. The number of hydroxylamine groups is 2. The van der Waals surface area contributed by atoms with E-state index in [0.717, 1.165) is 5.57 Å². The minimum absolute atomic E-state index is 0.216. The van der Waals surface area contributed by atoms with Crippen LogP contribution in [0.4, 0.5) is 8.78 Å². The molecule has 0 atom stereocenters. The molecule has 0 bridgehead atoms. The lowest BCUT2D eigenvalue weighted by Crippen LogP contribution is -2.49. The highest BCUT2D eigenvalue weighted by molar-refractivity contribution is 6.14. The summed E-state index contributed by atoms with van der Waals surface area (Å²) in [7, 11) is 0. The topological polar surface area (TPSA) is 43.8 Å². The fraction of sp³-hybridized carbons (Fsp3) is 0.321. The number of ketones is 1. The number of carbonyl (C=O) groups is 1. The fourth-order valence-electron chi connectivity index (χ4n) is 4.78. The molecule has 4 rings (SSSR count). The van der Waals surface area contributed by atoms with Gasteiger partial charge < -0.3 is 5.21 Å². The predicted molar refractivity (Wildman–Crippen MR) is 130 cm³/mol. The normalized spacial score (nSPS) is 23.0. The lowest BCUT2D eigenvalue weighted by atomic mass is 9.91. The zero-order chi connectivity index (χ0) is 24.7. The maximum atomic E-state index is 14.3. The highest BCUT2D eigenvalue weighted by Crippen LogP contribution is 2.39. The fourth-order valence-corrected chi connectivity index (χ4v) is 4.78. The van der Waals surface area contributed by atoms with Crippen LogP contribution in [0.3, 0.4) is 0 Å². The SMILES string of the molecule is CC1(C)C=C(CN2C/C(=C\c3ccccc3F)C(=O)/C(=C/c3ccccc3F)C2)C(C)(C)N1O. The van der Waals surface area contributed by atoms with Crippen LogP contribution in [0.5, 0.6) is 0 Å². The average molecular weight is 465 g/mol. The number of Topliss-reactive ketones (excluding diaryl/α,β-unsaturated/α-hetero) is 1. The first-order valence-electron chi connectivity index (χ1n) is 11.4. The van der Waals surface area contributed by atoms with Crippen LogP contribution in [-0.4, -0.2) is 51.7 Å². The highest BCUT2D eigenvalue weighted by atomic mass is 19.1. The van der Waals surface area contributed by atoms with E-state index in [1.807, 2.05) is 33.8 Å². The first kappa shape index (κ1) is 24.2. The number of nitrogens with zero attached hydrogens (tertiary/aromatic N) is 2. The number of carbonyl (C=O) groups excluding carboxylic acids is 1. The van der Waals surface area contributed by atoms with Crippen molar-refractivity contribution in [1.82, 2.24) is 9.96 Å². The highest BCUT2D eigenvalue weighted by Gasteiger charge is 2.45.